The largest absolute Gasteiger partial charge is 0.416 e. The third kappa shape index (κ3) is 5.73. The maximum absolute atomic E-state index is 13.7. The van der Waals surface area contributed by atoms with Crippen LogP contribution in [0, 0.1) is 5.92 Å². The Kier molecular flexibility index (Phi) is 7.77. The fraction of sp³-hybridized carbons (Fsp3) is 0.500. The number of aliphatic hydroxyl groups is 1. The molecule has 1 heterocycles. The Morgan fingerprint density at radius 3 is 2.20 bits per heavy atom. The second-order valence-electron chi connectivity index (χ2n) is 9.41. The average molecular weight is 535 g/mol. The molecule has 1 aliphatic rings. The molecule has 1 saturated heterocycles. The van der Waals surface area contributed by atoms with Crippen LogP contribution in [0.1, 0.15) is 50.8 Å². The van der Waals surface area contributed by atoms with E-state index in [0.29, 0.717) is 11.6 Å². The van der Waals surface area contributed by atoms with E-state index in [4.69, 9.17) is 9.84 Å². The fourth-order valence-electron chi connectivity index (χ4n) is 4.27. The number of ether oxygens (including phenoxy) is 1. The van der Waals surface area contributed by atoms with Gasteiger partial charge in [-0.05, 0) is 61.6 Å². The van der Waals surface area contributed by atoms with Crippen LogP contribution in [-0.2, 0) is 30.6 Å². The van der Waals surface area contributed by atoms with Gasteiger partial charge in [-0.2, -0.15) is 13.2 Å². The van der Waals surface area contributed by atoms with Gasteiger partial charge in [0.25, 0.3) is 0 Å². The molecule has 3 atom stereocenters. The van der Waals surface area contributed by atoms with Crippen molar-refractivity contribution in [2.75, 3.05) is 12.4 Å². The number of hydrogen-bond acceptors (Lipinski definition) is 6. The molecule has 0 saturated carbocycles. The monoisotopic (exact) mass is 534 g/mol. The van der Waals surface area contributed by atoms with Crippen molar-refractivity contribution in [1.29, 1.82) is 0 Å². The summed E-state index contributed by atoms with van der Waals surface area (Å²) in [6, 6.07) is 9.58. The topological polar surface area (TPSA) is 97.7 Å². The van der Waals surface area contributed by atoms with Crippen molar-refractivity contribution in [3.63, 3.8) is 0 Å². The first-order chi connectivity index (χ1) is 16.1. The molecule has 0 aliphatic carbocycles. The van der Waals surface area contributed by atoms with Gasteiger partial charge in [0.1, 0.15) is 0 Å². The third-order valence-corrected chi connectivity index (χ3v) is 10.6. The van der Waals surface area contributed by atoms with Crippen molar-refractivity contribution in [3.8, 4) is 0 Å². The van der Waals surface area contributed by atoms with Crippen LogP contribution >= 0.6 is 0 Å². The Bertz CT molecular complexity index is 1250. The van der Waals surface area contributed by atoms with E-state index in [1.54, 1.807) is 0 Å². The van der Waals surface area contributed by atoms with Crippen LogP contribution in [0.5, 0.6) is 0 Å². The zero-order valence-electron chi connectivity index (χ0n) is 19.6. The van der Waals surface area contributed by atoms with Crippen LogP contribution in [0.25, 0.3) is 0 Å². The normalized spacial score (nSPS) is 24.0. The maximum Gasteiger partial charge on any atom is 0.416 e. The molecule has 1 N–H and O–H groups in total. The highest BCUT2D eigenvalue weighted by Crippen LogP contribution is 2.46. The van der Waals surface area contributed by atoms with Gasteiger partial charge in [-0.3, -0.25) is 0 Å². The molecule has 194 valence electrons. The van der Waals surface area contributed by atoms with Crippen LogP contribution in [0.3, 0.4) is 0 Å². The molecule has 0 amide bonds. The summed E-state index contributed by atoms with van der Waals surface area (Å²) in [6.45, 7) is 4.75. The van der Waals surface area contributed by atoms with Gasteiger partial charge in [0.15, 0.2) is 19.7 Å². The van der Waals surface area contributed by atoms with E-state index in [1.165, 1.54) is 37.3 Å². The second kappa shape index (κ2) is 9.84. The molecule has 3 unspecified atom stereocenters. The highest BCUT2D eigenvalue weighted by molar-refractivity contribution is 7.92. The zero-order valence-corrected chi connectivity index (χ0v) is 21.3. The van der Waals surface area contributed by atoms with Crippen molar-refractivity contribution in [2.24, 2.45) is 5.92 Å². The first-order valence-corrected chi connectivity index (χ1v) is 14.3. The van der Waals surface area contributed by atoms with Gasteiger partial charge in [-0.15, -0.1) is 0 Å². The van der Waals surface area contributed by atoms with E-state index in [1.807, 2.05) is 13.8 Å². The molecule has 2 aromatic carbocycles. The van der Waals surface area contributed by atoms with Crippen molar-refractivity contribution in [3.05, 3.63) is 59.7 Å². The van der Waals surface area contributed by atoms with Gasteiger partial charge in [0.2, 0.25) is 0 Å². The highest BCUT2D eigenvalue weighted by Gasteiger charge is 2.49. The summed E-state index contributed by atoms with van der Waals surface area (Å²) in [7, 11) is -7.85. The van der Waals surface area contributed by atoms with E-state index in [-0.39, 0.29) is 23.7 Å². The molecule has 0 aromatic heterocycles. The molecule has 11 heteroatoms. The number of alkyl halides is 3. The molecule has 0 bridgehead atoms. The van der Waals surface area contributed by atoms with Crippen molar-refractivity contribution < 1.29 is 39.9 Å². The van der Waals surface area contributed by atoms with Gasteiger partial charge < -0.3 is 9.84 Å². The third-order valence-electron chi connectivity index (χ3n) is 6.42. The summed E-state index contributed by atoms with van der Waals surface area (Å²) in [6.07, 6.45) is -5.79. The average Bonchev–Trinajstić information content (AvgIpc) is 2.78. The van der Waals surface area contributed by atoms with E-state index < -0.39 is 65.6 Å². The molecule has 6 nitrogen and oxygen atoms in total. The quantitative estimate of drug-likeness (QED) is 0.559. The molecule has 35 heavy (non-hydrogen) atoms. The van der Waals surface area contributed by atoms with Crippen LogP contribution < -0.4 is 0 Å². The Labute approximate surface area is 204 Å². The van der Waals surface area contributed by atoms with Crippen molar-refractivity contribution in [1.82, 2.24) is 0 Å². The van der Waals surface area contributed by atoms with E-state index in [2.05, 4.69) is 0 Å². The predicted molar refractivity (Wildman–Crippen MR) is 124 cm³/mol. The Morgan fingerprint density at radius 1 is 1.03 bits per heavy atom. The smallest absolute Gasteiger partial charge is 0.395 e. The minimum Gasteiger partial charge on any atom is -0.395 e. The summed E-state index contributed by atoms with van der Waals surface area (Å²) in [5.74, 6) is -0.493. The summed E-state index contributed by atoms with van der Waals surface area (Å²) >= 11 is 0. The lowest BCUT2D eigenvalue weighted by Gasteiger charge is -2.43. The molecule has 0 radical (unpaired) electrons. The Morgan fingerprint density at radius 2 is 1.66 bits per heavy atom. The number of benzene rings is 2. The standard InChI is InChI=1S/C24H29F3O6S2/c1-16(2)21-14-23(3,35(31,32)20-6-4-5-18(13-20)24(25,26)27)15-22(33-21)17-7-9-19(10-8-17)34(29,30)12-11-28/h4-10,13,16,21-22,28H,11-12,14-15H2,1-3H3. The van der Waals surface area contributed by atoms with Crippen LogP contribution in [0.15, 0.2) is 58.3 Å². The lowest BCUT2D eigenvalue weighted by Crippen LogP contribution is -2.47. The molecule has 0 spiro atoms. The molecular weight excluding hydrogens is 505 g/mol. The van der Waals surface area contributed by atoms with E-state index in [0.717, 1.165) is 12.1 Å². The minimum absolute atomic E-state index is 0.0163. The first kappa shape index (κ1) is 27.6. The SMILES string of the molecule is CC(C)C1CC(C)(S(=O)(=O)c2cccc(C(F)(F)F)c2)CC(c2ccc(S(=O)(=O)CCO)cc2)O1. The van der Waals surface area contributed by atoms with E-state index in [9.17, 15) is 30.0 Å². The summed E-state index contributed by atoms with van der Waals surface area (Å²) < 4.78 is 96.2. The van der Waals surface area contributed by atoms with Gasteiger partial charge in [0, 0.05) is 0 Å². The maximum atomic E-state index is 13.7. The van der Waals surface area contributed by atoms with Crippen LogP contribution in [-0.4, -0.2) is 45.2 Å². The van der Waals surface area contributed by atoms with Crippen LogP contribution in [0.2, 0.25) is 0 Å². The van der Waals surface area contributed by atoms with Crippen molar-refractivity contribution >= 4 is 19.7 Å². The number of aliphatic hydroxyl groups excluding tert-OH is 1. The Hall–Kier alpha value is -1.95. The number of rotatable bonds is 7. The van der Waals surface area contributed by atoms with E-state index >= 15 is 0 Å². The predicted octanol–water partition coefficient (Wildman–Crippen LogP) is 4.58. The van der Waals surface area contributed by atoms with Gasteiger partial charge in [0.05, 0.1) is 44.7 Å². The summed E-state index contributed by atoms with van der Waals surface area (Å²) in [5, 5.41) is 8.97. The van der Waals surface area contributed by atoms with Crippen molar-refractivity contribution in [2.45, 2.75) is 66.5 Å². The Balaban J connectivity index is 2.00. The first-order valence-electron chi connectivity index (χ1n) is 11.1. The molecule has 1 fully saturated rings. The van der Waals surface area contributed by atoms with Gasteiger partial charge >= 0.3 is 6.18 Å². The lowest BCUT2D eigenvalue weighted by molar-refractivity contribution is -0.137. The highest BCUT2D eigenvalue weighted by atomic mass is 32.2. The molecule has 1 aliphatic heterocycles. The lowest BCUT2D eigenvalue weighted by atomic mass is 9.86. The van der Waals surface area contributed by atoms with Crippen LogP contribution in [0.4, 0.5) is 13.2 Å². The fourth-order valence-corrected chi connectivity index (χ4v) is 7.16. The summed E-state index contributed by atoms with van der Waals surface area (Å²) in [5.41, 5.74) is -0.477. The second-order valence-corrected chi connectivity index (χ2v) is 14.0. The molecule has 3 rings (SSSR count). The minimum atomic E-state index is -4.68. The van der Waals surface area contributed by atoms with Gasteiger partial charge in [-0.25, -0.2) is 16.8 Å². The van der Waals surface area contributed by atoms with Gasteiger partial charge in [-0.1, -0.05) is 32.0 Å². The number of hydrogen-bond donors (Lipinski definition) is 1. The number of halogens is 3. The number of sulfone groups is 2. The molecule has 2 aromatic rings. The molecular formula is C24H29F3O6S2. The zero-order chi connectivity index (χ0) is 26.2. The summed E-state index contributed by atoms with van der Waals surface area (Å²) in [4.78, 5) is -0.380.